The van der Waals surface area contributed by atoms with E-state index >= 15 is 0 Å². The molecule has 0 aromatic heterocycles. The summed E-state index contributed by atoms with van der Waals surface area (Å²) in [5.74, 6) is -2.51. The topological polar surface area (TPSA) is 612 Å². The predicted molar refractivity (Wildman–Crippen MR) is 267 cm³/mol. The monoisotopic (exact) mass is 1280 g/mol. The number of carbonyl (C=O) groups is 3. The Morgan fingerprint density at radius 1 is 0.299 bits per heavy atom. The van der Waals surface area contributed by atoms with Crippen LogP contribution in [-0.2, 0) is 76.0 Å². The van der Waals surface area contributed by atoms with Crippen LogP contribution in [0.1, 0.15) is 20.8 Å². The zero-order valence-corrected chi connectivity index (χ0v) is 46.6. The molecule has 39 heteroatoms. The van der Waals surface area contributed by atoms with Crippen LogP contribution in [0.3, 0.4) is 0 Å². The Hall–Kier alpha value is -2.91. The first kappa shape index (κ1) is 71.5. The van der Waals surface area contributed by atoms with E-state index in [1.165, 1.54) is 0 Å². The molecule has 0 bridgehead atoms. The third kappa shape index (κ3) is 15.8. The normalized spacial score (nSPS) is 48.9. The van der Waals surface area contributed by atoms with Crippen LogP contribution in [0.15, 0.2) is 0 Å². The Morgan fingerprint density at radius 2 is 0.621 bits per heavy atom. The van der Waals surface area contributed by atoms with E-state index in [9.17, 15) is 117 Å². The molecule has 7 fully saturated rings. The van der Waals surface area contributed by atoms with Crippen molar-refractivity contribution in [1.82, 2.24) is 16.0 Å². The number of ether oxygens (including phenoxy) is 13. The molecule has 0 saturated carbocycles. The standard InChI is InChI=1S/C48H81N3O36/c1-11(58)49-21-28(65)37(17(7-55)76-42(21)74)83-43-22(50-12(2)59)29(66)39(19(9-57)80-43)85-47-36(73)40(27(64)20(82-47)10-75-45-34(71)31(68)24(61)14(4-52)77-45)86-48-41(33(70)26(63)16(6-54)79-48)87-44-23(51-13(3)60)30(67)38(18(8-56)81-44)84-46-35(72)32(69)25(62)15(5-53)78-46/h14-48,52-57,61-74H,4-10H2,1-3H3,(H,49,58)(H,50,59)(H,51,60)/t14-,15+,16-,17-,18-,19+,20-,21-,22+,23-,24-,25-,26-,27-,28-,29+,30-,31+,32-,33+,34+,35+,36+,37-,38-,39+,40+,41+,42-,43-,44+,45+,46-,47+,48-/m0/s1. The van der Waals surface area contributed by atoms with Crippen molar-refractivity contribution in [2.24, 2.45) is 0 Å². The van der Waals surface area contributed by atoms with Crippen LogP contribution in [0.25, 0.3) is 0 Å². The van der Waals surface area contributed by atoms with Gasteiger partial charge in [0.05, 0.1) is 46.2 Å². The zero-order chi connectivity index (χ0) is 64.2. The van der Waals surface area contributed by atoms with Crippen molar-refractivity contribution in [3.05, 3.63) is 0 Å². The summed E-state index contributed by atoms with van der Waals surface area (Å²) < 4.78 is 75.5. The molecule has 7 rings (SSSR count). The third-order valence-corrected chi connectivity index (χ3v) is 15.7. The van der Waals surface area contributed by atoms with Crippen molar-refractivity contribution in [3.8, 4) is 0 Å². The van der Waals surface area contributed by atoms with Crippen LogP contribution in [0.5, 0.6) is 0 Å². The minimum absolute atomic E-state index is 0.742. The minimum atomic E-state index is -2.42. The van der Waals surface area contributed by atoms with Crippen LogP contribution in [0.2, 0.25) is 0 Å². The molecule has 23 N–H and O–H groups in total. The smallest absolute Gasteiger partial charge is 0.217 e. The summed E-state index contributed by atoms with van der Waals surface area (Å²) in [7, 11) is 0. The lowest BCUT2D eigenvalue weighted by atomic mass is 9.93. The number of aliphatic hydroxyl groups excluding tert-OH is 20. The number of amides is 3. The van der Waals surface area contributed by atoms with Crippen LogP contribution in [0.4, 0.5) is 0 Å². The van der Waals surface area contributed by atoms with Gasteiger partial charge in [0.15, 0.2) is 44.0 Å². The van der Waals surface area contributed by atoms with Gasteiger partial charge in [0.1, 0.15) is 171 Å². The van der Waals surface area contributed by atoms with Crippen molar-refractivity contribution in [2.75, 3.05) is 46.2 Å². The quantitative estimate of drug-likeness (QED) is 0.0479. The maximum atomic E-state index is 12.7. The summed E-state index contributed by atoms with van der Waals surface area (Å²) in [6, 6.07) is -5.25. The fraction of sp³-hybridized carbons (Fsp3) is 0.938. The van der Waals surface area contributed by atoms with E-state index in [4.69, 9.17) is 61.6 Å². The van der Waals surface area contributed by atoms with Crippen molar-refractivity contribution < 1.29 is 178 Å². The summed E-state index contributed by atoms with van der Waals surface area (Å²) >= 11 is 0. The largest absolute Gasteiger partial charge is 0.394 e. The first-order valence-electron chi connectivity index (χ1n) is 27.6. The summed E-state index contributed by atoms with van der Waals surface area (Å²) in [6.07, 6.45) is -63.3. The number of aliphatic hydroxyl groups is 20. The molecule has 0 spiro atoms. The van der Waals surface area contributed by atoms with Gasteiger partial charge in [0.2, 0.25) is 17.7 Å². The number of hydrogen-bond acceptors (Lipinski definition) is 36. The van der Waals surface area contributed by atoms with Gasteiger partial charge in [-0.25, -0.2) is 0 Å². The SMILES string of the molecule is CC(=O)N[C@@H]1[C@@H](O[C@H]2[C@H](O[C@@H]3[C@@H](O)[C@H](CO[C@@H]4O[C@@H](CO)[C@H](O)[C@@H](O)[C@H]4O)O[C@H](O[C@H]4[C@H](O)[C@@H](NC(C)=O)[C@H](O[C@@H]5[C@@H](O)[C@H](NC(C)=O)[C@@H](O)O[C@H]5CO)O[C@@H]4CO)[C@@H]3O)O[C@@H](CO)[C@H](O)[C@H]2O)O[C@@H](CO)[C@H](O[C@@H]2O[C@H](CO)[C@H](O)[C@H](O)[C@H]2O)[C@H]1O. The summed E-state index contributed by atoms with van der Waals surface area (Å²) in [6.45, 7) is -4.02. The molecule has 504 valence electrons. The Labute approximate surface area is 492 Å². The molecule has 7 saturated heterocycles. The van der Waals surface area contributed by atoms with Gasteiger partial charge in [-0.1, -0.05) is 0 Å². The molecular formula is C48H81N3O36. The second kappa shape index (κ2) is 31.1. The highest BCUT2D eigenvalue weighted by molar-refractivity contribution is 5.74. The van der Waals surface area contributed by atoms with Gasteiger partial charge < -0.3 is 180 Å². The Balaban J connectivity index is 1.20. The van der Waals surface area contributed by atoms with Gasteiger partial charge in [-0.05, 0) is 0 Å². The maximum Gasteiger partial charge on any atom is 0.217 e. The van der Waals surface area contributed by atoms with Gasteiger partial charge in [-0.15, -0.1) is 0 Å². The Morgan fingerprint density at radius 3 is 1.07 bits per heavy atom. The van der Waals surface area contributed by atoms with E-state index in [1.54, 1.807) is 0 Å². The number of rotatable bonds is 22. The molecule has 7 aliphatic rings. The Bertz CT molecular complexity index is 2190. The van der Waals surface area contributed by atoms with E-state index in [1.807, 2.05) is 0 Å². The zero-order valence-electron chi connectivity index (χ0n) is 46.6. The average molecular weight is 1280 g/mol. The van der Waals surface area contributed by atoms with Crippen molar-refractivity contribution in [1.29, 1.82) is 0 Å². The van der Waals surface area contributed by atoms with Gasteiger partial charge in [0.25, 0.3) is 0 Å². The number of carbonyl (C=O) groups excluding carboxylic acids is 3. The molecule has 87 heavy (non-hydrogen) atoms. The molecule has 0 aromatic carbocycles. The third-order valence-electron chi connectivity index (χ3n) is 15.7. The van der Waals surface area contributed by atoms with Gasteiger partial charge >= 0.3 is 0 Å². The van der Waals surface area contributed by atoms with Crippen LogP contribution in [-0.4, -0.2) is 381 Å². The number of nitrogens with one attached hydrogen (secondary N) is 3. The van der Waals surface area contributed by atoms with Crippen LogP contribution in [0, 0.1) is 0 Å². The lowest BCUT2D eigenvalue weighted by molar-refractivity contribution is -0.397. The summed E-state index contributed by atoms with van der Waals surface area (Å²) in [5.41, 5.74) is 0. The maximum absolute atomic E-state index is 12.7. The Kier molecular flexibility index (Phi) is 25.6. The van der Waals surface area contributed by atoms with E-state index < -0.39 is 279 Å². The van der Waals surface area contributed by atoms with Crippen molar-refractivity contribution in [2.45, 2.75) is 236 Å². The molecule has 3 amide bonds. The second-order valence-electron chi connectivity index (χ2n) is 21.8. The lowest BCUT2D eigenvalue weighted by Gasteiger charge is -2.51. The second-order valence-corrected chi connectivity index (χ2v) is 21.8. The summed E-state index contributed by atoms with van der Waals surface area (Å²) in [4.78, 5) is 37.4. The van der Waals surface area contributed by atoms with Crippen LogP contribution < -0.4 is 16.0 Å². The van der Waals surface area contributed by atoms with Gasteiger partial charge in [-0.3, -0.25) is 14.4 Å². The van der Waals surface area contributed by atoms with E-state index in [-0.39, 0.29) is 0 Å². The highest BCUT2D eigenvalue weighted by Crippen LogP contribution is 2.38. The average Bonchev–Trinajstić information content (AvgIpc) is 1.37. The highest BCUT2D eigenvalue weighted by Gasteiger charge is 2.59. The molecule has 39 nitrogen and oxygen atoms in total. The molecule has 7 heterocycles. The highest BCUT2D eigenvalue weighted by atomic mass is 16.8. The van der Waals surface area contributed by atoms with Crippen LogP contribution >= 0.6 is 0 Å². The molecule has 0 unspecified atom stereocenters. The molecule has 7 aliphatic heterocycles. The van der Waals surface area contributed by atoms with E-state index in [0.29, 0.717) is 0 Å². The van der Waals surface area contributed by atoms with Crippen molar-refractivity contribution >= 4 is 17.7 Å². The number of hydrogen-bond donors (Lipinski definition) is 23. The first-order valence-corrected chi connectivity index (χ1v) is 27.6. The minimum Gasteiger partial charge on any atom is -0.394 e. The first-order chi connectivity index (χ1) is 41.1. The molecule has 0 radical (unpaired) electrons. The fourth-order valence-corrected chi connectivity index (χ4v) is 11.1. The van der Waals surface area contributed by atoms with E-state index in [0.717, 1.165) is 20.8 Å². The van der Waals surface area contributed by atoms with Gasteiger partial charge in [0, 0.05) is 20.8 Å². The fourth-order valence-electron chi connectivity index (χ4n) is 11.1. The van der Waals surface area contributed by atoms with E-state index in [2.05, 4.69) is 16.0 Å². The van der Waals surface area contributed by atoms with Gasteiger partial charge in [-0.2, -0.15) is 0 Å². The van der Waals surface area contributed by atoms with Crippen molar-refractivity contribution in [3.63, 3.8) is 0 Å². The molecule has 0 aliphatic carbocycles. The lowest BCUT2D eigenvalue weighted by Crippen LogP contribution is -2.71. The summed E-state index contributed by atoms with van der Waals surface area (Å²) in [5, 5.41) is 224. The molecule has 0 aromatic rings. The predicted octanol–water partition coefficient (Wildman–Crippen LogP) is -15.8. The molecular weight excluding hydrogens is 1190 g/mol. The molecule has 35 atom stereocenters.